The quantitative estimate of drug-likeness (QED) is 0.471. The lowest BCUT2D eigenvalue weighted by atomic mass is 10.1. The Morgan fingerprint density at radius 1 is 1.22 bits per heavy atom. The Labute approximate surface area is 200 Å². The minimum atomic E-state index is -0.636. The van der Waals surface area contributed by atoms with E-state index in [4.69, 9.17) is 31.9 Å². The fraction of sp³-hybridized carbons (Fsp3) is 0.286. The number of benzene rings is 2. The lowest BCUT2D eigenvalue weighted by molar-refractivity contribution is 0.202. The van der Waals surface area contributed by atoms with E-state index in [2.05, 4.69) is 16.3 Å². The van der Waals surface area contributed by atoms with Gasteiger partial charge in [-0.25, -0.2) is 4.39 Å². The van der Waals surface area contributed by atoms with E-state index >= 15 is 0 Å². The molecule has 2 aromatic carbocycles. The largest absolute Gasteiger partial charge is 0.490 e. The second-order valence-electron chi connectivity index (χ2n) is 6.92. The number of nitriles is 1. The predicted octanol–water partition coefficient (Wildman–Crippen LogP) is 4.44. The monoisotopic (exact) mass is 498 g/mol. The Morgan fingerprint density at radius 2 is 1.94 bits per heavy atom. The van der Waals surface area contributed by atoms with Crippen molar-refractivity contribution in [3.05, 3.63) is 46.7 Å². The average molecular weight is 499 g/mol. The van der Waals surface area contributed by atoms with Gasteiger partial charge in [0.15, 0.2) is 11.6 Å². The van der Waals surface area contributed by atoms with Gasteiger partial charge in [0.1, 0.15) is 28.4 Å². The number of nitrogens with zero attached hydrogens (tertiary/aromatic N) is 3. The third-order valence-electron chi connectivity index (χ3n) is 4.07. The first kappa shape index (κ1) is 25.8. The van der Waals surface area contributed by atoms with Crippen molar-refractivity contribution in [3.8, 4) is 38.7 Å². The number of hydrogen-bond donors (Lipinski definition) is 2. The van der Waals surface area contributed by atoms with Crippen molar-refractivity contribution < 1.29 is 19.0 Å². The summed E-state index contributed by atoms with van der Waals surface area (Å²) in [5.41, 5.74) is 7.00. The van der Waals surface area contributed by atoms with E-state index in [-0.39, 0.29) is 42.5 Å². The summed E-state index contributed by atoms with van der Waals surface area (Å²) in [6, 6.07) is 9.21. The molecule has 3 aromatic rings. The van der Waals surface area contributed by atoms with Crippen LogP contribution in [0.1, 0.15) is 19.4 Å². The van der Waals surface area contributed by atoms with Crippen molar-refractivity contribution in [3.63, 3.8) is 0 Å². The molecule has 0 unspecified atom stereocenters. The highest BCUT2D eigenvalue weighted by Crippen LogP contribution is 2.37. The van der Waals surface area contributed by atoms with Crippen LogP contribution in [0.2, 0.25) is 5.02 Å². The van der Waals surface area contributed by atoms with Crippen molar-refractivity contribution in [2.45, 2.75) is 26.0 Å². The van der Waals surface area contributed by atoms with Crippen molar-refractivity contribution in [2.75, 3.05) is 13.2 Å². The van der Waals surface area contributed by atoms with Crippen molar-refractivity contribution in [2.24, 2.45) is 5.73 Å². The molecule has 0 aliphatic carbocycles. The lowest BCUT2D eigenvalue weighted by Gasteiger charge is -2.12. The molecule has 0 saturated heterocycles. The molecule has 0 fully saturated rings. The molecule has 0 radical (unpaired) electrons. The maximum atomic E-state index is 14.5. The summed E-state index contributed by atoms with van der Waals surface area (Å²) in [7, 11) is 0. The fourth-order valence-corrected chi connectivity index (χ4v) is 3.78. The second kappa shape index (κ2) is 11.4. The minimum Gasteiger partial charge on any atom is -0.490 e. The summed E-state index contributed by atoms with van der Waals surface area (Å²) in [6.07, 6.45) is -0.0607. The standard InChI is InChI=1S/C21H20ClFN4O3S.ClH/c1-11(2)30-18-4-3-12(5-13(18)8-24)20-26-27-21(31-20)15-6-17(23)19(7-16(15)22)29-10-14(25)9-28;/h3-7,11,14,28H,9-10,25H2,1-2H3;1H/t14-;/m1./s1. The summed E-state index contributed by atoms with van der Waals surface area (Å²) in [4.78, 5) is 0. The van der Waals surface area contributed by atoms with Gasteiger partial charge in [0, 0.05) is 17.2 Å². The smallest absolute Gasteiger partial charge is 0.165 e. The highest BCUT2D eigenvalue weighted by atomic mass is 35.5. The number of rotatable bonds is 8. The van der Waals surface area contributed by atoms with Crippen LogP contribution in [0.5, 0.6) is 11.5 Å². The Hall–Kier alpha value is -2.48. The van der Waals surface area contributed by atoms with Gasteiger partial charge in [-0.2, -0.15) is 5.26 Å². The van der Waals surface area contributed by atoms with E-state index in [0.717, 1.165) is 0 Å². The van der Waals surface area contributed by atoms with Crippen LogP contribution in [0.3, 0.4) is 0 Å². The third-order valence-corrected chi connectivity index (χ3v) is 5.39. The summed E-state index contributed by atoms with van der Waals surface area (Å²) in [5.74, 6) is -0.211. The Bertz CT molecular complexity index is 1120. The van der Waals surface area contributed by atoms with E-state index in [0.29, 0.717) is 32.5 Å². The normalized spacial score (nSPS) is 11.6. The fourth-order valence-electron chi connectivity index (χ4n) is 2.61. The maximum absolute atomic E-state index is 14.5. The Balaban J connectivity index is 0.00000363. The van der Waals surface area contributed by atoms with Gasteiger partial charge < -0.3 is 20.3 Å². The van der Waals surface area contributed by atoms with E-state index in [9.17, 15) is 9.65 Å². The van der Waals surface area contributed by atoms with E-state index in [1.165, 1.54) is 23.5 Å². The molecule has 170 valence electrons. The van der Waals surface area contributed by atoms with Gasteiger partial charge in [0.2, 0.25) is 0 Å². The molecule has 0 amide bonds. The molecule has 1 aromatic heterocycles. The number of aromatic nitrogens is 2. The molecule has 0 spiro atoms. The first-order valence-electron chi connectivity index (χ1n) is 9.35. The predicted molar refractivity (Wildman–Crippen MR) is 124 cm³/mol. The van der Waals surface area contributed by atoms with Crippen molar-refractivity contribution in [1.82, 2.24) is 10.2 Å². The topological polar surface area (TPSA) is 114 Å². The summed E-state index contributed by atoms with van der Waals surface area (Å²) in [5, 5.41) is 27.8. The zero-order valence-corrected chi connectivity index (χ0v) is 19.6. The molecule has 7 nitrogen and oxygen atoms in total. The zero-order valence-electron chi connectivity index (χ0n) is 17.2. The molecular formula is C21H21Cl2FN4O3S. The van der Waals surface area contributed by atoms with Gasteiger partial charge in [-0.3, -0.25) is 0 Å². The number of hydrogen-bond acceptors (Lipinski definition) is 8. The summed E-state index contributed by atoms with van der Waals surface area (Å²) >= 11 is 7.52. The number of aliphatic hydroxyl groups is 1. The Morgan fingerprint density at radius 3 is 2.59 bits per heavy atom. The number of nitrogens with two attached hydrogens (primary N) is 1. The van der Waals surface area contributed by atoms with E-state index in [1.807, 2.05) is 13.8 Å². The van der Waals surface area contributed by atoms with E-state index in [1.54, 1.807) is 18.2 Å². The van der Waals surface area contributed by atoms with Gasteiger partial charge in [-0.15, -0.1) is 22.6 Å². The zero-order chi connectivity index (χ0) is 22.5. The second-order valence-corrected chi connectivity index (χ2v) is 8.30. The Kier molecular flexibility index (Phi) is 9.19. The molecule has 0 saturated carbocycles. The highest BCUT2D eigenvalue weighted by Gasteiger charge is 2.17. The van der Waals surface area contributed by atoms with Crippen LogP contribution in [-0.4, -0.2) is 40.7 Å². The van der Waals surface area contributed by atoms with Crippen LogP contribution in [-0.2, 0) is 0 Å². The molecule has 11 heteroatoms. The van der Waals surface area contributed by atoms with Gasteiger partial charge in [0.25, 0.3) is 0 Å². The highest BCUT2D eigenvalue weighted by molar-refractivity contribution is 7.18. The first-order chi connectivity index (χ1) is 14.8. The third kappa shape index (κ3) is 6.06. The molecule has 0 bridgehead atoms. The molecule has 1 heterocycles. The molecule has 0 aliphatic rings. The molecule has 3 N–H and O–H groups in total. The summed E-state index contributed by atoms with van der Waals surface area (Å²) in [6.45, 7) is 3.43. The van der Waals surface area contributed by atoms with Crippen molar-refractivity contribution in [1.29, 1.82) is 5.26 Å². The van der Waals surface area contributed by atoms with Crippen LogP contribution >= 0.6 is 35.3 Å². The molecule has 32 heavy (non-hydrogen) atoms. The SMILES string of the molecule is CC(C)Oc1ccc(-c2nnc(-c3cc(F)c(OC[C@H](N)CO)cc3Cl)s2)cc1C#N.Cl. The summed E-state index contributed by atoms with van der Waals surface area (Å²) < 4.78 is 25.4. The number of ether oxygens (including phenoxy) is 2. The molecule has 3 rings (SSSR count). The molecule has 1 atom stereocenters. The van der Waals surface area contributed by atoms with Crippen LogP contribution < -0.4 is 15.2 Å². The molecular weight excluding hydrogens is 478 g/mol. The van der Waals surface area contributed by atoms with Gasteiger partial charge in [-0.1, -0.05) is 22.9 Å². The van der Waals surface area contributed by atoms with Crippen LogP contribution in [0.15, 0.2) is 30.3 Å². The number of aliphatic hydroxyl groups excluding tert-OH is 1. The van der Waals surface area contributed by atoms with Crippen LogP contribution in [0.25, 0.3) is 21.1 Å². The minimum absolute atomic E-state index is 0. The van der Waals surface area contributed by atoms with Crippen LogP contribution in [0.4, 0.5) is 4.39 Å². The average Bonchev–Trinajstić information content (AvgIpc) is 3.23. The first-order valence-corrected chi connectivity index (χ1v) is 10.5. The lowest BCUT2D eigenvalue weighted by Crippen LogP contribution is -2.31. The van der Waals surface area contributed by atoms with Gasteiger partial charge >= 0.3 is 0 Å². The number of halogens is 3. The maximum Gasteiger partial charge on any atom is 0.165 e. The molecule has 0 aliphatic heterocycles. The van der Waals surface area contributed by atoms with Crippen LogP contribution in [0, 0.1) is 17.1 Å². The van der Waals surface area contributed by atoms with Gasteiger partial charge in [0.05, 0.1) is 29.3 Å². The van der Waals surface area contributed by atoms with Gasteiger partial charge in [-0.05, 0) is 38.1 Å². The van der Waals surface area contributed by atoms with Crippen molar-refractivity contribution >= 4 is 35.3 Å². The van der Waals surface area contributed by atoms with E-state index < -0.39 is 11.9 Å².